The second-order valence-corrected chi connectivity index (χ2v) is 9.59. The molecule has 3 fully saturated rings. The molecule has 0 aromatic carbocycles. The zero-order chi connectivity index (χ0) is 21.2. The van der Waals surface area contributed by atoms with Gasteiger partial charge in [-0.25, -0.2) is 9.50 Å². The van der Waals surface area contributed by atoms with Gasteiger partial charge in [-0.05, 0) is 38.2 Å². The normalized spacial score (nSPS) is 23.6. The third kappa shape index (κ3) is 4.48. The highest BCUT2D eigenvalue weighted by atomic mass is 16.5. The molecule has 5 rings (SSSR count). The van der Waals surface area contributed by atoms with Crippen molar-refractivity contribution in [2.75, 3.05) is 39.4 Å². The number of morpholine rings is 1. The summed E-state index contributed by atoms with van der Waals surface area (Å²) in [5.74, 6) is 1.28. The van der Waals surface area contributed by atoms with E-state index in [9.17, 15) is 4.79 Å². The van der Waals surface area contributed by atoms with Crippen LogP contribution in [0.3, 0.4) is 0 Å². The van der Waals surface area contributed by atoms with Crippen LogP contribution >= 0.6 is 0 Å². The lowest BCUT2D eigenvalue weighted by atomic mass is 9.87. The quantitative estimate of drug-likeness (QED) is 0.736. The Morgan fingerprint density at radius 3 is 2.74 bits per heavy atom. The van der Waals surface area contributed by atoms with Crippen LogP contribution in [0, 0.1) is 12.8 Å². The Labute approximate surface area is 184 Å². The number of carbonyl (C=O) groups excluding carboxylic acids is 1. The summed E-state index contributed by atoms with van der Waals surface area (Å²) >= 11 is 0. The lowest BCUT2D eigenvalue weighted by Gasteiger charge is -2.26. The standard InChI is InChI=1S/C24H35N5O2/c1-18-21(17-27-11-13-31-14-12-27)24-25-9-7-22(29(24)26-18)20-8-10-28(16-20)23(30)15-19-5-3-2-4-6-19/h7,9,19-20H,2-6,8,10-17H2,1H3/t20-/m0/s1. The van der Waals surface area contributed by atoms with Gasteiger partial charge in [0.2, 0.25) is 5.91 Å². The molecule has 0 spiro atoms. The van der Waals surface area contributed by atoms with Crippen LogP contribution in [0.2, 0.25) is 0 Å². The van der Waals surface area contributed by atoms with Crippen molar-refractivity contribution >= 4 is 11.6 Å². The highest BCUT2D eigenvalue weighted by molar-refractivity contribution is 5.76. The molecule has 2 aromatic rings. The molecular weight excluding hydrogens is 390 g/mol. The molecule has 1 saturated carbocycles. The van der Waals surface area contributed by atoms with Gasteiger partial charge in [0.25, 0.3) is 0 Å². The molecular formula is C24H35N5O2. The summed E-state index contributed by atoms with van der Waals surface area (Å²) in [6.45, 7) is 8.12. The first kappa shape index (κ1) is 20.9. The average molecular weight is 426 g/mol. The van der Waals surface area contributed by atoms with Gasteiger partial charge < -0.3 is 9.64 Å². The number of fused-ring (bicyclic) bond motifs is 1. The average Bonchev–Trinajstić information content (AvgIpc) is 3.41. The minimum atomic E-state index is 0.330. The van der Waals surface area contributed by atoms with Crippen LogP contribution in [0.25, 0.3) is 5.65 Å². The molecule has 0 N–H and O–H groups in total. The van der Waals surface area contributed by atoms with E-state index in [1.165, 1.54) is 43.4 Å². The molecule has 7 nitrogen and oxygen atoms in total. The summed E-state index contributed by atoms with van der Waals surface area (Å²) in [7, 11) is 0. The van der Waals surface area contributed by atoms with E-state index < -0.39 is 0 Å². The van der Waals surface area contributed by atoms with Gasteiger partial charge in [-0.15, -0.1) is 0 Å². The predicted octanol–water partition coefficient (Wildman–Crippen LogP) is 3.16. The van der Waals surface area contributed by atoms with E-state index in [4.69, 9.17) is 14.8 Å². The van der Waals surface area contributed by atoms with Gasteiger partial charge in [0.05, 0.1) is 24.6 Å². The number of aryl methyl sites for hydroxylation is 1. The van der Waals surface area contributed by atoms with Crippen LogP contribution in [-0.2, 0) is 16.1 Å². The molecule has 3 aliphatic rings. The smallest absolute Gasteiger partial charge is 0.222 e. The molecule has 168 valence electrons. The monoisotopic (exact) mass is 425 g/mol. The minimum Gasteiger partial charge on any atom is -0.379 e. The number of rotatable bonds is 5. The van der Waals surface area contributed by atoms with Crippen molar-refractivity contribution in [1.82, 2.24) is 24.4 Å². The lowest BCUT2D eigenvalue weighted by Crippen LogP contribution is -2.35. The van der Waals surface area contributed by atoms with Crippen molar-refractivity contribution < 1.29 is 9.53 Å². The molecule has 0 unspecified atom stereocenters. The van der Waals surface area contributed by atoms with E-state index in [1.54, 1.807) is 0 Å². The molecule has 2 aromatic heterocycles. The topological polar surface area (TPSA) is 63.0 Å². The van der Waals surface area contributed by atoms with Gasteiger partial charge in [-0.3, -0.25) is 9.69 Å². The fraction of sp³-hybridized carbons (Fsp3) is 0.708. The SMILES string of the molecule is Cc1nn2c([C@H]3CCN(C(=O)CC4CCCCC4)C3)ccnc2c1CN1CCOCC1. The molecule has 7 heteroatoms. The third-order valence-electron chi connectivity index (χ3n) is 7.48. The second kappa shape index (κ2) is 9.25. The van der Waals surface area contributed by atoms with E-state index in [-0.39, 0.29) is 0 Å². The molecule has 0 radical (unpaired) electrons. The predicted molar refractivity (Wildman–Crippen MR) is 119 cm³/mol. The first-order chi connectivity index (χ1) is 15.2. The summed E-state index contributed by atoms with van der Waals surface area (Å²) in [6.07, 6.45) is 10.0. The zero-order valence-electron chi connectivity index (χ0n) is 18.8. The van der Waals surface area contributed by atoms with Gasteiger partial charge in [0, 0.05) is 56.8 Å². The third-order valence-corrected chi connectivity index (χ3v) is 7.48. The van der Waals surface area contributed by atoms with Gasteiger partial charge in [-0.2, -0.15) is 5.10 Å². The van der Waals surface area contributed by atoms with Gasteiger partial charge >= 0.3 is 0 Å². The van der Waals surface area contributed by atoms with E-state index in [0.29, 0.717) is 17.7 Å². The molecule has 31 heavy (non-hydrogen) atoms. The van der Waals surface area contributed by atoms with Crippen molar-refractivity contribution in [3.63, 3.8) is 0 Å². The lowest BCUT2D eigenvalue weighted by molar-refractivity contribution is -0.131. The van der Waals surface area contributed by atoms with Crippen LogP contribution in [-0.4, -0.2) is 69.7 Å². The first-order valence-corrected chi connectivity index (χ1v) is 12.1. The number of hydrogen-bond acceptors (Lipinski definition) is 5. The molecule has 4 heterocycles. The van der Waals surface area contributed by atoms with Gasteiger partial charge in [-0.1, -0.05) is 19.3 Å². The Morgan fingerprint density at radius 2 is 1.94 bits per heavy atom. The Morgan fingerprint density at radius 1 is 1.13 bits per heavy atom. The van der Waals surface area contributed by atoms with E-state index in [2.05, 4.69) is 22.8 Å². The highest BCUT2D eigenvalue weighted by Gasteiger charge is 2.31. The number of hydrogen-bond donors (Lipinski definition) is 0. The molecule has 2 saturated heterocycles. The van der Waals surface area contributed by atoms with Crippen molar-refractivity contribution in [3.8, 4) is 0 Å². The molecule has 1 aliphatic carbocycles. The fourth-order valence-electron chi connectivity index (χ4n) is 5.59. The van der Waals surface area contributed by atoms with E-state index in [0.717, 1.165) is 70.1 Å². The van der Waals surface area contributed by atoms with Crippen LogP contribution in [0.5, 0.6) is 0 Å². The first-order valence-electron chi connectivity index (χ1n) is 12.1. The molecule has 0 bridgehead atoms. The van der Waals surface area contributed by atoms with Crippen molar-refractivity contribution in [2.24, 2.45) is 5.92 Å². The summed E-state index contributed by atoms with van der Waals surface area (Å²) in [5.41, 5.74) is 4.42. The Bertz CT molecular complexity index is 914. The number of nitrogens with zero attached hydrogens (tertiary/aromatic N) is 5. The Balaban J connectivity index is 1.30. The van der Waals surface area contributed by atoms with Gasteiger partial charge in [0.15, 0.2) is 5.65 Å². The summed E-state index contributed by atoms with van der Waals surface area (Å²) in [4.78, 5) is 22.1. The number of carbonyl (C=O) groups is 1. The summed E-state index contributed by atoms with van der Waals surface area (Å²) in [6, 6.07) is 2.09. The molecule has 1 atom stereocenters. The Kier molecular flexibility index (Phi) is 6.23. The molecule has 2 aliphatic heterocycles. The number of likely N-dealkylation sites (tertiary alicyclic amines) is 1. The van der Waals surface area contributed by atoms with Crippen LogP contribution in [0.4, 0.5) is 0 Å². The van der Waals surface area contributed by atoms with E-state index in [1.807, 2.05) is 10.7 Å². The zero-order valence-corrected chi connectivity index (χ0v) is 18.8. The maximum atomic E-state index is 12.9. The maximum Gasteiger partial charge on any atom is 0.222 e. The number of amides is 1. The van der Waals surface area contributed by atoms with Crippen molar-refractivity contribution in [1.29, 1.82) is 0 Å². The number of aromatic nitrogens is 3. The van der Waals surface area contributed by atoms with Crippen LogP contribution in [0.1, 0.15) is 67.8 Å². The summed E-state index contributed by atoms with van der Waals surface area (Å²) < 4.78 is 7.54. The van der Waals surface area contributed by atoms with Crippen LogP contribution < -0.4 is 0 Å². The number of ether oxygens (including phenoxy) is 1. The highest BCUT2D eigenvalue weighted by Crippen LogP contribution is 2.31. The fourth-order valence-corrected chi connectivity index (χ4v) is 5.59. The Hall–Kier alpha value is -1.99. The van der Waals surface area contributed by atoms with Gasteiger partial charge in [0.1, 0.15) is 0 Å². The molecule has 1 amide bonds. The van der Waals surface area contributed by atoms with Crippen molar-refractivity contribution in [3.05, 3.63) is 29.2 Å². The largest absolute Gasteiger partial charge is 0.379 e. The summed E-state index contributed by atoms with van der Waals surface area (Å²) in [5, 5.41) is 4.88. The second-order valence-electron chi connectivity index (χ2n) is 9.59. The van der Waals surface area contributed by atoms with E-state index >= 15 is 0 Å². The van der Waals surface area contributed by atoms with Crippen molar-refractivity contribution in [2.45, 2.75) is 64.3 Å². The minimum absolute atomic E-state index is 0.330. The van der Waals surface area contributed by atoms with Crippen LogP contribution in [0.15, 0.2) is 12.3 Å². The maximum absolute atomic E-state index is 12.9.